The molecule has 0 radical (unpaired) electrons. The van der Waals surface area contributed by atoms with Crippen LogP contribution in [0.3, 0.4) is 0 Å². The van der Waals surface area contributed by atoms with Crippen LogP contribution in [0.2, 0.25) is 0 Å². The third kappa shape index (κ3) is 1.80. The Kier molecular flexibility index (Phi) is 2.54. The van der Waals surface area contributed by atoms with Crippen molar-refractivity contribution >= 4 is 22.9 Å². The average Bonchev–Trinajstić information content (AvgIpc) is 2.90. The van der Waals surface area contributed by atoms with Crippen molar-refractivity contribution in [1.82, 2.24) is 0 Å². The van der Waals surface area contributed by atoms with Gasteiger partial charge in [-0.25, -0.2) is 4.39 Å². The number of piperidine rings is 1. The van der Waals surface area contributed by atoms with Crippen molar-refractivity contribution in [3.05, 3.63) is 29.6 Å². The van der Waals surface area contributed by atoms with Gasteiger partial charge in [-0.05, 0) is 43.4 Å². The molecule has 1 saturated carbocycles. The molecule has 2 fully saturated rings. The molecule has 0 spiro atoms. The summed E-state index contributed by atoms with van der Waals surface area (Å²) in [6.07, 6.45) is 3.82. The number of rotatable bonds is 2. The summed E-state index contributed by atoms with van der Waals surface area (Å²) in [5, 5.41) is 0. The minimum absolute atomic E-state index is 0.277. The van der Waals surface area contributed by atoms with Crippen LogP contribution in [0.4, 0.5) is 10.1 Å². The number of anilines is 1. The SMILES string of the molecule is NC(=S)c1cc(F)ccc1N1CC2CCC1C2. The lowest BCUT2D eigenvalue weighted by Gasteiger charge is -2.30. The van der Waals surface area contributed by atoms with Crippen molar-refractivity contribution < 1.29 is 4.39 Å². The predicted octanol–water partition coefficient (Wildman–Crippen LogP) is 2.45. The van der Waals surface area contributed by atoms with Crippen LogP contribution in [0.15, 0.2) is 18.2 Å². The number of nitrogens with two attached hydrogens (primary N) is 1. The largest absolute Gasteiger partial charge is 0.389 e. The van der Waals surface area contributed by atoms with Gasteiger partial charge in [0.25, 0.3) is 0 Å². The van der Waals surface area contributed by atoms with Crippen LogP contribution in [-0.2, 0) is 0 Å². The predicted molar refractivity (Wildman–Crippen MR) is 70.8 cm³/mol. The Morgan fingerprint density at radius 2 is 2.24 bits per heavy atom. The molecule has 0 amide bonds. The van der Waals surface area contributed by atoms with E-state index in [-0.39, 0.29) is 10.8 Å². The molecule has 0 aromatic heterocycles. The quantitative estimate of drug-likeness (QED) is 0.818. The number of hydrogen-bond donors (Lipinski definition) is 1. The second kappa shape index (κ2) is 3.95. The first-order valence-electron chi connectivity index (χ1n) is 6.01. The first-order valence-corrected chi connectivity index (χ1v) is 6.42. The standard InChI is InChI=1S/C13H15FN2S/c14-9-2-4-12(11(6-9)13(15)17)16-7-8-1-3-10(16)5-8/h2,4,6,8,10H,1,3,5,7H2,(H2,15,17). The van der Waals surface area contributed by atoms with Crippen molar-refractivity contribution in [2.24, 2.45) is 11.7 Å². The number of halogens is 1. The van der Waals surface area contributed by atoms with E-state index in [0.717, 1.165) is 18.2 Å². The summed E-state index contributed by atoms with van der Waals surface area (Å²) in [7, 11) is 0. The number of hydrogen-bond acceptors (Lipinski definition) is 2. The van der Waals surface area contributed by atoms with Crippen LogP contribution in [-0.4, -0.2) is 17.6 Å². The molecule has 1 aromatic carbocycles. The van der Waals surface area contributed by atoms with E-state index in [1.54, 1.807) is 0 Å². The summed E-state index contributed by atoms with van der Waals surface area (Å²) in [6.45, 7) is 1.06. The Bertz CT molecular complexity index is 474. The molecule has 1 saturated heterocycles. The van der Waals surface area contributed by atoms with Crippen LogP contribution < -0.4 is 10.6 Å². The highest BCUT2D eigenvalue weighted by Gasteiger charge is 2.38. The second-order valence-electron chi connectivity index (χ2n) is 5.01. The third-order valence-corrected chi connectivity index (χ3v) is 4.16. The van der Waals surface area contributed by atoms with Crippen molar-refractivity contribution in [3.63, 3.8) is 0 Å². The summed E-state index contributed by atoms with van der Waals surface area (Å²) in [6, 6.07) is 5.34. The van der Waals surface area contributed by atoms with E-state index in [1.807, 2.05) is 6.07 Å². The monoisotopic (exact) mass is 250 g/mol. The molecule has 4 heteroatoms. The molecular weight excluding hydrogens is 235 g/mol. The fourth-order valence-electron chi connectivity index (χ4n) is 3.18. The summed E-state index contributed by atoms with van der Waals surface area (Å²) in [5.41, 5.74) is 7.37. The maximum atomic E-state index is 13.2. The summed E-state index contributed by atoms with van der Waals surface area (Å²) < 4.78 is 13.2. The van der Waals surface area contributed by atoms with Crippen LogP contribution in [0.5, 0.6) is 0 Å². The minimum Gasteiger partial charge on any atom is -0.389 e. The second-order valence-corrected chi connectivity index (χ2v) is 5.45. The zero-order valence-corrected chi connectivity index (χ0v) is 10.3. The van der Waals surface area contributed by atoms with Gasteiger partial charge in [-0.15, -0.1) is 0 Å². The van der Waals surface area contributed by atoms with E-state index in [0.29, 0.717) is 11.6 Å². The summed E-state index contributed by atoms with van der Waals surface area (Å²) >= 11 is 5.02. The van der Waals surface area contributed by atoms with Crippen LogP contribution in [0.1, 0.15) is 24.8 Å². The Labute approximate surface area is 106 Å². The average molecular weight is 250 g/mol. The molecule has 90 valence electrons. The molecule has 2 unspecified atom stereocenters. The lowest BCUT2D eigenvalue weighted by atomic mass is 10.1. The topological polar surface area (TPSA) is 29.3 Å². The Balaban J connectivity index is 2.00. The molecule has 1 heterocycles. The summed E-state index contributed by atoms with van der Waals surface area (Å²) in [5.74, 6) is 0.519. The van der Waals surface area contributed by atoms with Gasteiger partial charge in [0, 0.05) is 23.8 Å². The van der Waals surface area contributed by atoms with Gasteiger partial charge in [0.2, 0.25) is 0 Å². The minimum atomic E-state index is -0.277. The van der Waals surface area contributed by atoms with Crippen molar-refractivity contribution in [2.45, 2.75) is 25.3 Å². The molecule has 2 bridgehead atoms. The molecule has 2 atom stereocenters. The third-order valence-electron chi connectivity index (χ3n) is 3.94. The van der Waals surface area contributed by atoms with Gasteiger partial charge < -0.3 is 10.6 Å². The van der Waals surface area contributed by atoms with Gasteiger partial charge in [0.1, 0.15) is 10.8 Å². The normalized spacial score (nSPS) is 26.5. The lowest BCUT2D eigenvalue weighted by Crippen LogP contribution is -2.33. The highest BCUT2D eigenvalue weighted by molar-refractivity contribution is 7.80. The fourth-order valence-corrected chi connectivity index (χ4v) is 3.34. The first kappa shape index (κ1) is 11.0. The smallest absolute Gasteiger partial charge is 0.124 e. The van der Waals surface area contributed by atoms with Crippen molar-refractivity contribution in [1.29, 1.82) is 0 Å². The number of fused-ring (bicyclic) bond motifs is 2. The zero-order chi connectivity index (χ0) is 12.0. The van der Waals surface area contributed by atoms with E-state index >= 15 is 0 Å². The maximum absolute atomic E-state index is 13.2. The van der Waals surface area contributed by atoms with E-state index in [4.69, 9.17) is 18.0 Å². The van der Waals surface area contributed by atoms with Gasteiger partial charge in [-0.3, -0.25) is 0 Å². The van der Waals surface area contributed by atoms with Crippen molar-refractivity contribution in [2.75, 3.05) is 11.4 Å². The van der Waals surface area contributed by atoms with Gasteiger partial charge in [-0.2, -0.15) is 0 Å². The lowest BCUT2D eigenvalue weighted by molar-refractivity contribution is 0.553. The van der Waals surface area contributed by atoms with Gasteiger partial charge in [0.05, 0.1) is 0 Å². The highest BCUT2D eigenvalue weighted by Crippen LogP contribution is 2.41. The van der Waals surface area contributed by atoms with Crippen LogP contribution in [0.25, 0.3) is 0 Å². The van der Waals surface area contributed by atoms with Gasteiger partial charge >= 0.3 is 0 Å². The molecular formula is C13H15FN2S. The highest BCUT2D eigenvalue weighted by atomic mass is 32.1. The van der Waals surface area contributed by atoms with Gasteiger partial charge in [-0.1, -0.05) is 12.2 Å². The Morgan fingerprint density at radius 3 is 2.82 bits per heavy atom. The van der Waals surface area contributed by atoms with E-state index < -0.39 is 0 Å². The molecule has 2 aliphatic rings. The summed E-state index contributed by atoms with van der Waals surface area (Å²) in [4.78, 5) is 2.63. The number of thiocarbonyl (C=S) groups is 1. The number of nitrogens with zero attached hydrogens (tertiary/aromatic N) is 1. The molecule has 2 nitrogen and oxygen atoms in total. The molecule has 1 aliphatic carbocycles. The number of benzene rings is 1. The fraction of sp³-hybridized carbons (Fsp3) is 0.462. The molecule has 1 aliphatic heterocycles. The van der Waals surface area contributed by atoms with E-state index in [2.05, 4.69) is 4.90 Å². The van der Waals surface area contributed by atoms with Crippen LogP contribution in [0, 0.1) is 11.7 Å². The van der Waals surface area contributed by atoms with Crippen LogP contribution >= 0.6 is 12.2 Å². The van der Waals surface area contributed by atoms with E-state index in [9.17, 15) is 4.39 Å². The molecule has 2 N–H and O–H groups in total. The zero-order valence-electron chi connectivity index (χ0n) is 9.53. The molecule has 3 rings (SSSR count). The Hall–Kier alpha value is -1.16. The van der Waals surface area contributed by atoms with E-state index in [1.165, 1.54) is 31.4 Å². The van der Waals surface area contributed by atoms with Gasteiger partial charge in [0.15, 0.2) is 0 Å². The first-order chi connectivity index (χ1) is 8.15. The molecule has 17 heavy (non-hydrogen) atoms. The Morgan fingerprint density at radius 1 is 1.41 bits per heavy atom. The van der Waals surface area contributed by atoms with Crippen molar-refractivity contribution in [3.8, 4) is 0 Å². The maximum Gasteiger partial charge on any atom is 0.124 e. The molecule has 1 aromatic rings.